The molecule has 0 saturated heterocycles. The van der Waals surface area contributed by atoms with Gasteiger partial charge < -0.3 is 5.11 Å². The van der Waals surface area contributed by atoms with E-state index in [9.17, 15) is 4.79 Å². The molecule has 2 rings (SSSR count). The van der Waals surface area contributed by atoms with Gasteiger partial charge in [-0.2, -0.15) is 0 Å². The van der Waals surface area contributed by atoms with Crippen molar-refractivity contribution in [2.75, 3.05) is 6.61 Å². The zero-order valence-corrected chi connectivity index (χ0v) is 10.4. The van der Waals surface area contributed by atoms with Crippen molar-refractivity contribution in [1.29, 1.82) is 0 Å². The lowest BCUT2D eigenvalue weighted by Gasteiger charge is -2.04. The fourth-order valence-corrected chi connectivity index (χ4v) is 2.58. The monoisotopic (exact) mass is 252 g/mol. The van der Waals surface area contributed by atoms with Gasteiger partial charge in [-0.3, -0.25) is 9.36 Å². The van der Waals surface area contributed by atoms with Gasteiger partial charge in [0.15, 0.2) is 0 Å². The summed E-state index contributed by atoms with van der Waals surface area (Å²) < 4.78 is 2.42. The Balaban J connectivity index is 1.99. The molecule has 0 fully saturated rings. The van der Waals surface area contributed by atoms with Gasteiger partial charge in [0.05, 0.1) is 11.8 Å². The van der Waals surface area contributed by atoms with E-state index in [2.05, 4.69) is 4.98 Å². The van der Waals surface area contributed by atoms with E-state index in [1.165, 1.54) is 11.3 Å². The van der Waals surface area contributed by atoms with Crippen LogP contribution in [-0.4, -0.2) is 21.3 Å². The first kappa shape index (κ1) is 12.3. The first-order chi connectivity index (χ1) is 8.33. The number of aromatic nitrogens is 2. The van der Waals surface area contributed by atoms with Gasteiger partial charge in [0, 0.05) is 13.2 Å². The van der Waals surface area contributed by atoms with E-state index < -0.39 is 0 Å². The lowest BCUT2D eigenvalue weighted by atomic mass is 10.2. The van der Waals surface area contributed by atoms with Gasteiger partial charge >= 0.3 is 0 Å². The zero-order valence-electron chi connectivity index (χ0n) is 9.63. The topological polar surface area (TPSA) is 55.1 Å². The van der Waals surface area contributed by atoms with Gasteiger partial charge in [0.2, 0.25) is 0 Å². The lowest BCUT2D eigenvalue weighted by molar-refractivity contribution is 0.282. The molecule has 0 radical (unpaired) electrons. The fraction of sp³-hybridized carbons (Fsp3) is 0.500. The number of aliphatic hydroxyl groups is 1. The summed E-state index contributed by atoms with van der Waals surface area (Å²) in [5, 5.41) is 10.6. The van der Waals surface area contributed by atoms with Gasteiger partial charge in [-0.05, 0) is 24.3 Å². The SMILES string of the molecule is O=c1c2sccc2ncn1CCCCCCO. The second-order valence-electron chi connectivity index (χ2n) is 4.02. The highest BCUT2D eigenvalue weighted by Gasteiger charge is 2.04. The van der Waals surface area contributed by atoms with Crippen LogP contribution in [0.5, 0.6) is 0 Å². The molecule has 0 aliphatic heterocycles. The van der Waals surface area contributed by atoms with Gasteiger partial charge in [-0.15, -0.1) is 11.3 Å². The molecule has 0 atom stereocenters. The Labute approximate surface area is 104 Å². The molecule has 0 spiro atoms. The number of rotatable bonds is 6. The molecule has 2 aromatic rings. The van der Waals surface area contributed by atoms with Crippen LogP contribution in [0.3, 0.4) is 0 Å². The van der Waals surface area contributed by atoms with Crippen molar-refractivity contribution in [3.05, 3.63) is 28.1 Å². The van der Waals surface area contributed by atoms with Crippen LogP contribution in [0.1, 0.15) is 25.7 Å². The van der Waals surface area contributed by atoms with E-state index in [0.717, 1.165) is 35.9 Å². The van der Waals surface area contributed by atoms with Crippen LogP contribution in [0.4, 0.5) is 0 Å². The minimum absolute atomic E-state index is 0.0622. The van der Waals surface area contributed by atoms with Crippen molar-refractivity contribution in [3.8, 4) is 0 Å². The first-order valence-corrected chi connectivity index (χ1v) is 6.74. The Morgan fingerprint density at radius 3 is 2.94 bits per heavy atom. The average Bonchev–Trinajstić information content (AvgIpc) is 2.80. The predicted octanol–water partition coefficient (Wildman–Crippen LogP) is 2.01. The van der Waals surface area contributed by atoms with Crippen LogP contribution in [0.2, 0.25) is 0 Å². The molecule has 2 aromatic heterocycles. The molecule has 1 N–H and O–H groups in total. The maximum atomic E-state index is 12.0. The molecule has 0 unspecified atom stereocenters. The first-order valence-electron chi connectivity index (χ1n) is 5.86. The molecule has 0 amide bonds. The number of fused-ring (bicyclic) bond motifs is 1. The summed E-state index contributed by atoms with van der Waals surface area (Å²) >= 11 is 1.45. The summed E-state index contributed by atoms with van der Waals surface area (Å²) in [5.41, 5.74) is 0.851. The third-order valence-corrected chi connectivity index (χ3v) is 3.63. The number of unbranched alkanes of at least 4 members (excludes halogenated alkanes) is 3. The summed E-state index contributed by atoms with van der Waals surface area (Å²) in [6, 6.07) is 1.87. The normalized spacial score (nSPS) is 11.1. The summed E-state index contributed by atoms with van der Waals surface area (Å²) in [5.74, 6) is 0. The summed E-state index contributed by atoms with van der Waals surface area (Å²) in [6.07, 6.45) is 5.48. The minimum Gasteiger partial charge on any atom is -0.396 e. The second-order valence-corrected chi connectivity index (χ2v) is 4.93. The number of nitrogens with zero attached hydrogens (tertiary/aromatic N) is 2. The molecule has 17 heavy (non-hydrogen) atoms. The third-order valence-electron chi connectivity index (χ3n) is 2.74. The number of hydrogen-bond acceptors (Lipinski definition) is 4. The van der Waals surface area contributed by atoms with Gasteiger partial charge in [-0.1, -0.05) is 12.8 Å². The smallest absolute Gasteiger partial charge is 0.271 e. The molecule has 5 heteroatoms. The highest BCUT2D eigenvalue weighted by atomic mass is 32.1. The number of thiophene rings is 1. The van der Waals surface area contributed by atoms with Crippen LogP contribution in [0.15, 0.2) is 22.6 Å². The molecule has 0 aliphatic carbocycles. The molecular formula is C12H16N2O2S. The van der Waals surface area contributed by atoms with Crippen molar-refractivity contribution in [3.63, 3.8) is 0 Å². The Morgan fingerprint density at radius 1 is 1.29 bits per heavy atom. The average molecular weight is 252 g/mol. The number of aryl methyl sites for hydroxylation is 1. The molecular weight excluding hydrogens is 236 g/mol. The van der Waals surface area contributed by atoms with Gasteiger partial charge in [-0.25, -0.2) is 4.98 Å². The third kappa shape index (κ3) is 2.92. The van der Waals surface area contributed by atoms with E-state index in [1.807, 2.05) is 11.4 Å². The van der Waals surface area contributed by atoms with E-state index in [-0.39, 0.29) is 12.2 Å². The summed E-state index contributed by atoms with van der Waals surface area (Å²) in [4.78, 5) is 16.3. The molecule has 0 aromatic carbocycles. The Hall–Kier alpha value is -1.20. The quantitative estimate of drug-likeness (QED) is 0.800. The highest BCUT2D eigenvalue weighted by Crippen LogP contribution is 2.13. The van der Waals surface area contributed by atoms with Crippen LogP contribution in [0, 0.1) is 0 Å². The zero-order chi connectivity index (χ0) is 12.1. The van der Waals surface area contributed by atoms with Crippen molar-refractivity contribution in [2.24, 2.45) is 0 Å². The Morgan fingerprint density at radius 2 is 2.12 bits per heavy atom. The van der Waals surface area contributed by atoms with Crippen LogP contribution < -0.4 is 5.56 Å². The van der Waals surface area contributed by atoms with E-state index in [1.54, 1.807) is 10.9 Å². The summed E-state index contributed by atoms with van der Waals surface area (Å²) in [7, 11) is 0. The predicted molar refractivity (Wildman–Crippen MR) is 69.4 cm³/mol. The second kappa shape index (κ2) is 5.93. The van der Waals surface area contributed by atoms with Crippen LogP contribution >= 0.6 is 11.3 Å². The van der Waals surface area contributed by atoms with E-state index >= 15 is 0 Å². The van der Waals surface area contributed by atoms with Crippen molar-refractivity contribution < 1.29 is 5.11 Å². The van der Waals surface area contributed by atoms with E-state index in [0.29, 0.717) is 6.54 Å². The highest BCUT2D eigenvalue weighted by molar-refractivity contribution is 7.17. The fourth-order valence-electron chi connectivity index (χ4n) is 1.79. The van der Waals surface area contributed by atoms with E-state index in [4.69, 9.17) is 5.11 Å². The largest absolute Gasteiger partial charge is 0.396 e. The maximum absolute atomic E-state index is 12.0. The molecule has 2 heterocycles. The molecule has 92 valence electrons. The Kier molecular flexibility index (Phi) is 4.28. The lowest BCUT2D eigenvalue weighted by Crippen LogP contribution is -2.19. The van der Waals surface area contributed by atoms with Crippen LogP contribution in [-0.2, 0) is 6.54 Å². The molecule has 0 saturated carbocycles. The molecule has 4 nitrogen and oxygen atoms in total. The van der Waals surface area contributed by atoms with Crippen molar-refractivity contribution in [1.82, 2.24) is 9.55 Å². The molecule has 0 aliphatic rings. The number of hydrogen-bond donors (Lipinski definition) is 1. The van der Waals surface area contributed by atoms with Crippen LogP contribution in [0.25, 0.3) is 10.2 Å². The Bertz CT molecular complexity index is 533. The van der Waals surface area contributed by atoms with Crippen molar-refractivity contribution >= 4 is 21.6 Å². The molecule has 0 bridgehead atoms. The van der Waals surface area contributed by atoms with Crippen molar-refractivity contribution in [2.45, 2.75) is 32.2 Å². The summed E-state index contributed by atoms with van der Waals surface area (Å²) in [6.45, 7) is 0.966. The minimum atomic E-state index is 0.0622. The standard InChI is InChI=1S/C12H16N2O2S/c15-7-4-2-1-3-6-14-9-13-10-5-8-17-11(10)12(14)16/h5,8-9,15H,1-4,6-7H2. The number of aliphatic hydroxyl groups excluding tert-OH is 1. The van der Waals surface area contributed by atoms with Gasteiger partial charge in [0.1, 0.15) is 4.70 Å². The van der Waals surface area contributed by atoms with Gasteiger partial charge in [0.25, 0.3) is 5.56 Å². The maximum Gasteiger partial charge on any atom is 0.271 e.